The van der Waals surface area contributed by atoms with Gasteiger partial charge in [0.05, 0.1) is 10.3 Å². The zero-order valence-electron chi connectivity index (χ0n) is 14.1. The first-order valence-electron chi connectivity index (χ1n) is 7.97. The number of hydrogen-bond donors (Lipinski definition) is 2. The number of nitrogens with zero attached hydrogens (tertiary/aromatic N) is 2. The van der Waals surface area contributed by atoms with Gasteiger partial charge in [0.15, 0.2) is 0 Å². The van der Waals surface area contributed by atoms with Crippen molar-refractivity contribution in [2.75, 3.05) is 18.4 Å². The fourth-order valence-electron chi connectivity index (χ4n) is 2.42. The van der Waals surface area contributed by atoms with Gasteiger partial charge in [-0.25, -0.2) is 23.1 Å². The molecule has 0 aliphatic carbocycles. The van der Waals surface area contributed by atoms with Gasteiger partial charge in [-0.1, -0.05) is 17.7 Å². The SMILES string of the molecule is Cc1ccc(S(=O)(=O)NCCCNc2ncnc3sc(C)cc23)cc1. The predicted molar refractivity (Wildman–Crippen MR) is 102 cm³/mol. The Labute approximate surface area is 151 Å². The van der Waals surface area contributed by atoms with Crippen molar-refractivity contribution < 1.29 is 8.42 Å². The topological polar surface area (TPSA) is 84.0 Å². The molecule has 25 heavy (non-hydrogen) atoms. The minimum atomic E-state index is -3.46. The number of sulfonamides is 1. The largest absolute Gasteiger partial charge is 0.369 e. The third kappa shape index (κ3) is 4.33. The van der Waals surface area contributed by atoms with E-state index in [9.17, 15) is 8.42 Å². The van der Waals surface area contributed by atoms with Crippen LogP contribution >= 0.6 is 11.3 Å². The minimum Gasteiger partial charge on any atom is -0.369 e. The van der Waals surface area contributed by atoms with Gasteiger partial charge in [-0.2, -0.15) is 0 Å². The monoisotopic (exact) mass is 376 g/mol. The number of thiophene rings is 1. The lowest BCUT2D eigenvalue weighted by Crippen LogP contribution is -2.26. The van der Waals surface area contributed by atoms with Crippen molar-refractivity contribution in [1.29, 1.82) is 0 Å². The molecular weight excluding hydrogens is 356 g/mol. The molecule has 0 amide bonds. The number of rotatable bonds is 7. The Bertz CT molecular complexity index is 966. The van der Waals surface area contributed by atoms with Crippen LogP contribution in [0.4, 0.5) is 5.82 Å². The van der Waals surface area contributed by atoms with E-state index in [1.807, 2.05) is 13.8 Å². The number of aryl methyl sites for hydroxylation is 2. The van der Waals surface area contributed by atoms with E-state index in [1.165, 1.54) is 4.88 Å². The standard InChI is InChI=1S/C17H20N4O2S2/c1-12-4-6-14(7-5-12)25(22,23)21-9-3-8-18-16-15-10-13(2)24-17(15)20-11-19-16/h4-7,10-11,21H,3,8-9H2,1-2H3,(H,18,19,20). The molecule has 0 fully saturated rings. The summed E-state index contributed by atoms with van der Waals surface area (Å²) in [6.45, 7) is 4.95. The predicted octanol–water partition coefficient (Wildman–Crippen LogP) is 3.09. The molecule has 0 saturated carbocycles. The molecule has 1 aromatic carbocycles. The zero-order chi connectivity index (χ0) is 17.9. The van der Waals surface area contributed by atoms with Gasteiger partial charge in [-0.3, -0.25) is 0 Å². The Kier molecular flexibility index (Phi) is 5.31. The second-order valence-corrected chi connectivity index (χ2v) is 8.79. The summed E-state index contributed by atoms with van der Waals surface area (Å²) >= 11 is 1.63. The number of fused-ring (bicyclic) bond motifs is 1. The summed E-state index contributed by atoms with van der Waals surface area (Å²) in [5.74, 6) is 0.788. The fourth-order valence-corrected chi connectivity index (χ4v) is 4.34. The molecule has 0 unspecified atom stereocenters. The van der Waals surface area contributed by atoms with Crippen LogP contribution in [0.15, 0.2) is 41.6 Å². The summed E-state index contributed by atoms with van der Waals surface area (Å²) in [7, 11) is -3.46. The average Bonchev–Trinajstić information content (AvgIpc) is 2.96. The van der Waals surface area contributed by atoms with E-state index in [4.69, 9.17) is 0 Å². The number of anilines is 1. The number of nitrogens with one attached hydrogen (secondary N) is 2. The summed E-state index contributed by atoms with van der Waals surface area (Å²) in [4.78, 5) is 11.0. The Morgan fingerprint density at radius 1 is 1.08 bits per heavy atom. The first-order valence-corrected chi connectivity index (χ1v) is 10.3. The summed E-state index contributed by atoms with van der Waals surface area (Å²) in [6, 6.07) is 8.87. The average molecular weight is 377 g/mol. The maximum atomic E-state index is 12.2. The van der Waals surface area contributed by atoms with Crippen molar-refractivity contribution in [1.82, 2.24) is 14.7 Å². The van der Waals surface area contributed by atoms with Crippen LogP contribution in [0.1, 0.15) is 16.9 Å². The van der Waals surface area contributed by atoms with Crippen LogP contribution in [-0.4, -0.2) is 31.5 Å². The van der Waals surface area contributed by atoms with Crippen LogP contribution in [0.5, 0.6) is 0 Å². The third-order valence-corrected chi connectivity index (χ3v) is 6.16. The van der Waals surface area contributed by atoms with E-state index in [-0.39, 0.29) is 4.90 Å². The van der Waals surface area contributed by atoms with Gasteiger partial charge < -0.3 is 5.32 Å². The first kappa shape index (κ1) is 17.8. The molecule has 2 aromatic heterocycles. The van der Waals surface area contributed by atoms with E-state index in [0.717, 1.165) is 21.6 Å². The van der Waals surface area contributed by atoms with Crippen LogP contribution in [0, 0.1) is 13.8 Å². The second-order valence-electron chi connectivity index (χ2n) is 5.79. The van der Waals surface area contributed by atoms with E-state index < -0.39 is 10.0 Å². The molecular formula is C17H20N4O2S2. The van der Waals surface area contributed by atoms with Gasteiger partial charge in [-0.15, -0.1) is 11.3 Å². The third-order valence-electron chi connectivity index (χ3n) is 3.72. The highest BCUT2D eigenvalue weighted by molar-refractivity contribution is 7.89. The minimum absolute atomic E-state index is 0.289. The van der Waals surface area contributed by atoms with E-state index >= 15 is 0 Å². The summed E-state index contributed by atoms with van der Waals surface area (Å²) in [6.07, 6.45) is 2.19. The first-order chi connectivity index (χ1) is 12.0. The summed E-state index contributed by atoms with van der Waals surface area (Å²) in [5, 5.41) is 4.26. The quantitative estimate of drug-likeness (QED) is 0.619. The van der Waals surface area contributed by atoms with Crippen molar-refractivity contribution in [2.24, 2.45) is 0 Å². The molecule has 3 rings (SSSR count). The van der Waals surface area contributed by atoms with Gasteiger partial charge in [0.25, 0.3) is 0 Å². The molecule has 8 heteroatoms. The van der Waals surface area contributed by atoms with Gasteiger partial charge in [0.2, 0.25) is 10.0 Å². The molecule has 0 radical (unpaired) electrons. The molecule has 6 nitrogen and oxygen atoms in total. The molecule has 0 bridgehead atoms. The van der Waals surface area contributed by atoms with E-state index in [0.29, 0.717) is 19.5 Å². The van der Waals surface area contributed by atoms with Gasteiger partial charge >= 0.3 is 0 Å². The van der Waals surface area contributed by atoms with Crippen molar-refractivity contribution in [3.8, 4) is 0 Å². The maximum Gasteiger partial charge on any atom is 0.240 e. The van der Waals surface area contributed by atoms with Crippen LogP contribution in [0.3, 0.4) is 0 Å². The highest BCUT2D eigenvalue weighted by atomic mass is 32.2. The van der Waals surface area contributed by atoms with Crippen molar-refractivity contribution in [3.63, 3.8) is 0 Å². The van der Waals surface area contributed by atoms with Crippen LogP contribution in [0.25, 0.3) is 10.2 Å². The normalized spacial score (nSPS) is 11.8. The lowest BCUT2D eigenvalue weighted by atomic mass is 10.2. The molecule has 0 saturated heterocycles. The highest BCUT2D eigenvalue weighted by Crippen LogP contribution is 2.27. The molecule has 3 aromatic rings. The highest BCUT2D eigenvalue weighted by Gasteiger charge is 2.12. The molecule has 2 heterocycles. The van der Waals surface area contributed by atoms with Crippen LogP contribution in [-0.2, 0) is 10.0 Å². The number of hydrogen-bond acceptors (Lipinski definition) is 6. The lowest BCUT2D eigenvalue weighted by Gasteiger charge is -2.08. The molecule has 0 atom stereocenters. The van der Waals surface area contributed by atoms with Gasteiger partial charge in [0.1, 0.15) is 17.0 Å². The summed E-state index contributed by atoms with van der Waals surface area (Å²) in [5.41, 5.74) is 1.03. The van der Waals surface area contributed by atoms with E-state index in [2.05, 4.69) is 26.1 Å². The summed E-state index contributed by atoms with van der Waals surface area (Å²) < 4.78 is 27.0. The lowest BCUT2D eigenvalue weighted by molar-refractivity contribution is 0.580. The second kappa shape index (κ2) is 7.47. The Morgan fingerprint density at radius 3 is 2.60 bits per heavy atom. The Morgan fingerprint density at radius 2 is 1.84 bits per heavy atom. The number of aromatic nitrogens is 2. The van der Waals surface area contributed by atoms with E-state index in [1.54, 1.807) is 41.9 Å². The molecule has 0 spiro atoms. The fraction of sp³-hybridized carbons (Fsp3) is 0.294. The molecule has 2 N–H and O–H groups in total. The smallest absolute Gasteiger partial charge is 0.240 e. The number of benzene rings is 1. The Balaban J connectivity index is 1.52. The van der Waals surface area contributed by atoms with Crippen molar-refractivity contribution in [2.45, 2.75) is 25.2 Å². The molecule has 132 valence electrons. The maximum absolute atomic E-state index is 12.2. The van der Waals surface area contributed by atoms with Crippen molar-refractivity contribution >= 4 is 37.4 Å². The van der Waals surface area contributed by atoms with Crippen molar-refractivity contribution in [3.05, 3.63) is 47.1 Å². The van der Waals surface area contributed by atoms with Gasteiger partial charge in [-0.05, 0) is 38.5 Å². The van der Waals surface area contributed by atoms with Crippen LogP contribution < -0.4 is 10.0 Å². The Hall–Kier alpha value is -2.03. The van der Waals surface area contributed by atoms with Gasteiger partial charge in [0, 0.05) is 18.0 Å². The van der Waals surface area contributed by atoms with Crippen LogP contribution in [0.2, 0.25) is 0 Å². The zero-order valence-corrected chi connectivity index (χ0v) is 15.7. The molecule has 0 aliphatic rings. The molecule has 0 aliphatic heterocycles.